The van der Waals surface area contributed by atoms with E-state index >= 15 is 0 Å². The van der Waals surface area contributed by atoms with Crippen molar-refractivity contribution >= 4 is 10.8 Å². The highest BCUT2D eigenvalue weighted by Crippen LogP contribution is 2.19. The first-order valence-electron chi connectivity index (χ1n) is 10.0. The molecular formula is C25H28FNO2S. The summed E-state index contributed by atoms with van der Waals surface area (Å²) in [7, 11) is -1.49. The van der Waals surface area contributed by atoms with Crippen molar-refractivity contribution in [3.63, 3.8) is 0 Å². The van der Waals surface area contributed by atoms with Crippen LogP contribution < -0.4 is 0 Å². The number of hydrogen-bond acceptors (Lipinski definition) is 3. The standard InChI is InChI=1S/C25H28FNO2S/c1-21-12-14-24(15-13-21)30(29)20-25(28,18-26)19-27(16-22-8-4-2-5-9-22)17-23-10-6-3-7-11-23/h2-15,28H,16-20H2,1H3/t25-,30-/m1/s1. The SMILES string of the molecule is Cc1ccc([S@](=O)C[C@@](O)(CF)CN(Cc2ccccc2)Cc2ccccc2)cc1. The van der Waals surface area contributed by atoms with Crippen LogP contribution in [0.4, 0.5) is 4.39 Å². The molecule has 0 saturated carbocycles. The molecule has 158 valence electrons. The molecule has 0 aliphatic carbocycles. The lowest BCUT2D eigenvalue weighted by Crippen LogP contribution is -2.48. The molecule has 5 heteroatoms. The van der Waals surface area contributed by atoms with Gasteiger partial charge in [-0.15, -0.1) is 0 Å². The summed E-state index contributed by atoms with van der Waals surface area (Å²) >= 11 is 0. The van der Waals surface area contributed by atoms with Gasteiger partial charge in [-0.05, 0) is 30.2 Å². The van der Waals surface area contributed by atoms with E-state index in [1.807, 2.05) is 84.6 Å². The third kappa shape index (κ3) is 6.59. The van der Waals surface area contributed by atoms with E-state index in [0.29, 0.717) is 18.0 Å². The molecule has 0 aromatic heterocycles. The molecule has 0 aliphatic rings. The van der Waals surface area contributed by atoms with E-state index in [-0.39, 0.29) is 12.3 Å². The van der Waals surface area contributed by atoms with Gasteiger partial charge in [-0.3, -0.25) is 9.11 Å². The first-order chi connectivity index (χ1) is 14.5. The Labute approximate surface area is 180 Å². The Morgan fingerprint density at radius 2 is 1.37 bits per heavy atom. The maximum Gasteiger partial charge on any atom is 0.120 e. The minimum atomic E-state index is -1.70. The molecule has 3 aromatic rings. The van der Waals surface area contributed by atoms with Gasteiger partial charge in [-0.1, -0.05) is 78.4 Å². The quantitative estimate of drug-likeness (QED) is 0.520. The number of aliphatic hydroxyl groups is 1. The summed E-state index contributed by atoms with van der Waals surface area (Å²) in [6.45, 7) is 2.22. The Bertz CT molecular complexity index is 893. The van der Waals surface area contributed by atoms with Gasteiger partial charge >= 0.3 is 0 Å². The van der Waals surface area contributed by atoms with E-state index < -0.39 is 23.1 Å². The van der Waals surface area contributed by atoms with Crippen molar-refractivity contribution in [2.24, 2.45) is 0 Å². The Hall–Kier alpha value is -2.34. The molecule has 2 atom stereocenters. The van der Waals surface area contributed by atoms with Gasteiger partial charge in [0.15, 0.2) is 0 Å². The third-order valence-electron chi connectivity index (χ3n) is 4.95. The van der Waals surface area contributed by atoms with Crippen LogP contribution >= 0.6 is 0 Å². The van der Waals surface area contributed by atoms with Crippen LogP contribution in [0.15, 0.2) is 89.8 Å². The Morgan fingerprint density at radius 1 is 0.867 bits per heavy atom. The lowest BCUT2D eigenvalue weighted by molar-refractivity contribution is -0.00158. The molecular weight excluding hydrogens is 397 g/mol. The number of rotatable bonds is 10. The van der Waals surface area contributed by atoms with Crippen molar-refractivity contribution in [3.05, 3.63) is 102 Å². The van der Waals surface area contributed by atoms with Crippen LogP contribution in [0.2, 0.25) is 0 Å². The second-order valence-electron chi connectivity index (χ2n) is 7.78. The highest BCUT2D eigenvalue weighted by atomic mass is 32.2. The summed E-state index contributed by atoms with van der Waals surface area (Å²) in [5, 5.41) is 11.0. The van der Waals surface area contributed by atoms with Gasteiger partial charge in [0.1, 0.15) is 12.3 Å². The second-order valence-corrected chi connectivity index (χ2v) is 9.23. The summed E-state index contributed by atoms with van der Waals surface area (Å²) in [5.74, 6) is -0.146. The number of benzene rings is 3. The highest BCUT2D eigenvalue weighted by molar-refractivity contribution is 7.85. The minimum Gasteiger partial charge on any atom is -0.385 e. The smallest absolute Gasteiger partial charge is 0.120 e. The molecule has 0 bridgehead atoms. The van der Waals surface area contributed by atoms with E-state index in [2.05, 4.69) is 0 Å². The normalized spacial score (nSPS) is 14.4. The van der Waals surface area contributed by atoms with Crippen LogP contribution in [0.1, 0.15) is 16.7 Å². The molecule has 0 aliphatic heterocycles. The maximum absolute atomic E-state index is 14.0. The van der Waals surface area contributed by atoms with Crippen molar-refractivity contribution in [2.45, 2.75) is 30.5 Å². The van der Waals surface area contributed by atoms with Crippen LogP contribution in [0.25, 0.3) is 0 Å². The first-order valence-corrected chi connectivity index (χ1v) is 11.3. The number of alkyl halides is 1. The monoisotopic (exact) mass is 425 g/mol. The van der Waals surface area contributed by atoms with Crippen molar-refractivity contribution in [2.75, 3.05) is 19.0 Å². The molecule has 3 rings (SSSR count). The van der Waals surface area contributed by atoms with Crippen molar-refractivity contribution in [3.8, 4) is 0 Å². The van der Waals surface area contributed by atoms with Gasteiger partial charge in [0, 0.05) is 24.5 Å². The van der Waals surface area contributed by atoms with E-state index in [9.17, 15) is 13.7 Å². The highest BCUT2D eigenvalue weighted by Gasteiger charge is 2.33. The van der Waals surface area contributed by atoms with E-state index in [0.717, 1.165) is 16.7 Å². The number of halogens is 1. The zero-order valence-electron chi connectivity index (χ0n) is 17.2. The fourth-order valence-electron chi connectivity index (χ4n) is 3.41. The van der Waals surface area contributed by atoms with Crippen LogP contribution in [-0.2, 0) is 23.9 Å². The molecule has 0 fully saturated rings. The van der Waals surface area contributed by atoms with Gasteiger partial charge in [0.05, 0.1) is 16.6 Å². The summed E-state index contributed by atoms with van der Waals surface area (Å²) in [6.07, 6.45) is 0. The van der Waals surface area contributed by atoms with Crippen molar-refractivity contribution in [1.82, 2.24) is 4.90 Å². The summed E-state index contributed by atoms with van der Waals surface area (Å²) in [6, 6.07) is 27.1. The van der Waals surface area contributed by atoms with Gasteiger partial charge in [-0.2, -0.15) is 0 Å². The number of aryl methyl sites for hydroxylation is 1. The molecule has 30 heavy (non-hydrogen) atoms. The van der Waals surface area contributed by atoms with Crippen LogP contribution in [-0.4, -0.2) is 38.8 Å². The average Bonchev–Trinajstić information content (AvgIpc) is 2.75. The predicted octanol–water partition coefficient (Wildman–Crippen LogP) is 4.51. The fourth-order valence-corrected chi connectivity index (χ4v) is 4.67. The largest absolute Gasteiger partial charge is 0.385 e. The third-order valence-corrected chi connectivity index (χ3v) is 6.55. The number of nitrogens with zero attached hydrogens (tertiary/aromatic N) is 1. The summed E-state index contributed by atoms with van der Waals surface area (Å²) < 4.78 is 26.8. The molecule has 1 N–H and O–H groups in total. The fraction of sp³-hybridized carbons (Fsp3) is 0.280. The van der Waals surface area contributed by atoms with E-state index in [1.165, 1.54) is 0 Å². The maximum atomic E-state index is 14.0. The molecule has 3 aromatic carbocycles. The van der Waals surface area contributed by atoms with Crippen LogP contribution in [0.5, 0.6) is 0 Å². The van der Waals surface area contributed by atoms with Crippen molar-refractivity contribution in [1.29, 1.82) is 0 Å². The first kappa shape index (κ1) is 22.3. The van der Waals surface area contributed by atoms with Gasteiger partial charge < -0.3 is 5.11 Å². The molecule has 0 amide bonds. The molecule has 0 spiro atoms. The van der Waals surface area contributed by atoms with E-state index in [1.54, 1.807) is 12.1 Å². The Kier molecular flexibility index (Phi) is 7.91. The predicted molar refractivity (Wildman–Crippen MR) is 120 cm³/mol. The Morgan fingerprint density at radius 3 is 1.83 bits per heavy atom. The lowest BCUT2D eigenvalue weighted by Gasteiger charge is -2.32. The minimum absolute atomic E-state index is 0.0882. The Balaban J connectivity index is 1.76. The van der Waals surface area contributed by atoms with Gasteiger partial charge in [0.2, 0.25) is 0 Å². The lowest BCUT2D eigenvalue weighted by atomic mass is 10.1. The summed E-state index contributed by atoms with van der Waals surface area (Å²) in [5.41, 5.74) is 1.52. The average molecular weight is 426 g/mol. The topological polar surface area (TPSA) is 40.5 Å². The van der Waals surface area contributed by atoms with Crippen molar-refractivity contribution < 1.29 is 13.7 Å². The van der Waals surface area contributed by atoms with Crippen LogP contribution in [0.3, 0.4) is 0 Å². The molecule has 0 unspecified atom stereocenters. The molecule has 3 nitrogen and oxygen atoms in total. The van der Waals surface area contributed by atoms with Crippen LogP contribution in [0, 0.1) is 6.92 Å². The van der Waals surface area contributed by atoms with Gasteiger partial charge in [0.25, 0.3) is 0 Å². The van der Waals surface area contributed by atoms with Gasteiger partial charge in [-0.25, -0.2) is 4.39 Å². The zero-order valence-corrected chi connectivity index (χ0v) is 18.0. The number of hydrogen-bond donors (Lipinski definition) is 1. The summed E-state index contributed by atoms with van der Waals surface area (Å²) in [4.78, 5) is 2.61. The zero-order chi connectivity index (χ0) is 21.4. The molecule has 0 heterocycles. The van der Waals surface area contributed by atoms with E-state index in [4.69, 9.17) is 0 Å². The second kappa shape index (κ2) is 10.6. The molecule has 0 radical (unpaired) electrons. The molecule has 0 saturated heterocycles.